The van der Waals surface area contributed by atoms with Crippen LogP contribution >= 0.6 is 7.82 Å². The summed E-state index contributed by atoms with van der Waals surface area (Å²) >= 11 is 0. The smallest absolute Gasteiger partial charge is 0.462 e. The molecule has 0 aliphatic carbocycles. The van der Waals surface area contributed by atoms with E-state index < -0.39 is 51.8 Å². The third-order valence-electron chi connectivity index (χ3n) is 8.17. The van der Waals surface area contributed by atoms with E-state index in [-0.39, 0.29) is 19.4 Å². The molecule has 0 amide bonds. The molecule has 0 rings (SSSR count). The Bertz CT molecular complexity index is 822. The summed E-state index contributed by atoms with van der Waals surface area (Å²) < 4.78 is 32.5. The van der Waals surface area contributed by atoms with Crippen LogP contribution in [0, 0.1) is 0 Å². The first kappa shape index (κ1) is 46.7. The fourth-order valence-corrected chi connectivity index (χ4v) is 5.95. The molecule has 48 heavy (non-hydrogen) atoms. The number of allylic oxidation sites excluding steroid dienone is 2. The summed E-state index contributed by atoms with van der Waals surface area (Å²) in [6.45, 7) is 2.34. The van der Waals surface area contributed by atoms with E-state index in [0.717, 1.165) is 51.4 Å². The molecule has 0 aromatic heterocycles. The topological polar surface area (TPSA) is 149 Å². The second-order valence-electron chi connectivity index (χ2n) is 13.0. The summed E-state index contributed by atoms with van der Waals surface area (Å²) in [4.78, 5) is 34.7. The van der Waals surface area contributed by atoms with Gasteiger partial charge in [-0.3, -0.25) is 18.6 Å². The van der Waals surface area contributed by atoms with Gasteiger partial charge < -0.3 is 24.6 Å². The van der Waals surface area contributed by atoms with E-state index in [9.17, 15) is 24.2 Å². The molecule has 0 spiro atoms. The summed E-state index contributed by atoms with van der Waals surface area (Å²) in [5.74, 6) is -0.933. The van der Waals surface area contributed by atoms with Crippen molar-refractivity contribution >= 4 is 19.8 Å². The molecule has 0 saturated carbocycles. The molecular weight excluding hydrogens is 635 g/mol. The summed E-state index contributed by atoms with van der Waals surface area (Å²) in [6.07, 6.45) is 29.1. The van der Waals surface area contributed by atoms with E-state index in [2.05, 4.69) is 30.5 Å². The lowest BCUT2D eigenvalue weighted by molar-refractivity contribution is -0.161. The first-order valence-corrected chi connectivity index (χ1v) is 20.6. The summed E-state index contributed by atoms with van der Waals surface area (Å²) in [5, 5.41) is 18.2. The fraction of sp³-hybridized carbons (Fsp3) is 0.892. The number of esters is 2. The van der Waals surface area contributed by atoms with Crippen LogP contribution in [0.1, 0.15) is 174 Å². The van der Waals surface area contributed by atoms with Crippen molar-refractivity contribution in [3.05, 3.63) is 12.2 Å². The number of aliphatic hydroxyl groups is 2. The van der Waals surface area contributed by atoms with E-state index in [1.165, 1.54) is 83.5 Å². The molecule has 3 N–H and O–H groups in total. The van der Waals surface area contributed by atoms with Gasteiger partial charge in [-0.2, -0.15) is 0 Å². The van der Waals surface area contributed by atoms with Gasteiger partial charge in [0.25, 0.3) is 0 Å². The van der Waals surface area contributed by atoms with Crippen molar-refractivity contribution in [3.63, 3.8) is 0 Å². The lowest BCUT2D eigenvalue weighted by Crippen LogP contribution is -2.29. The minimum Gasteiger partial charge on any atom is -0.462 e. The second-order valence-corrected chi connectivity index (χ2v) is 14.4. The number of unbranched alkanes of at least 4 members (excludes halogenated alkanes) is 20. The maximum Gasteiger partial charge on any atom is 0.472 e. The predicted octanol–water partition coefficient (Wildman–Crippen LogP) is 9.28. The maximum atomic E-state index is 12.5. The average Bonchev–Trinajstić information content (AvgIpc) is 3.07. The van der Waals surface area contributed by atoms with Gasteiger partial charge in [-0.1, -0.05) is 135 Å². The zero-order valence-electron chi connectivity index (χ0n) is 30.5. The van der Waals surface area contributed by atoms with Crippen LogP contribution in [0.3, 0.4) is 0 Å². The predicted molar refractivity (Wildman–Crippen MR) is 192 cm³/mol. The molecular formula is C37H71O10P. The van der Waals surface area contributed by atoms with Crippen molar-refractivity contribution in [2.75, 3.05) is 26.4 Å². The molecule has 0 aliphatic heterocycles. The van der Waals surface area contributed by atoms with Gasteiger partial charge in [0.15, 0.2) is 6.10 Å². The van der Waals surface area contributed by atoms with Gasteiger partial charge >= 0.3 is 19.8 Å². The van der Waals surface area contributed by atoms with Gasteiger partial charge in [0.1, 0.15) is 12.7 Å². The Labute approximate surface area is 292 Å². The van der Waals surface area contributed by atoms with Crippen LogP contribution in [0.4, 0.5) is 0 Å². The van der Waals surface area contributed by atoms with E-state index in [1.54, 1.807) is 0 Å². The van der Waals surface area contributed by atoms with Gasteiger partial charge in [-0.25, -0.2) is 4.57 Å². The second kappa shape index (κ2) is 34.2. The highest BCUT2D eigenvalue weighted by atomic mass is 31.2. The van der Waals surface area contributed by atoms with Gasteiger partial charge in [0.2, 0.25) is 0 Å². The molecule has 0 aromatic rings. The van der Waals surface area contributed by atoms with Crippen LogP contribution in [0.5, 0.6) is 0 Å². The zero-order valence-corrected chi connectivity index (χ0v) is 31.4. The van der Waals surface area contributed by atoms with Gasteiger partial charge in [-0.15, -0.1) is 0 Å². The Balaban J connectivity index is 4.31. The van der Waals surface area contributed by atoms with Crippen LogP contribution in [-0.4, -0.2) is 65.7 Å². The van der Waals surface area contributed by atoms with Crippen molar-refractivity contribution in [2.45, 2.75) is 187 Å². The number of phosphoric acid groups is 1. The van der Waals surface area contributed by atoms with Crippen LogP contribution in [0.15, 0.2) is 12.2 Å². The van der Waals surface area contributed by atoms with Crippen molar-refractivity contribution in [3.8, 4) is 0 Å². The third-order valence-corrected chi connectivity index (χ3v) is 9.12. The zero-order chi connectivity index (χ0) is 35.6. The number of carbonyl (C=O) groups is 2. The van der Waals surface area contributed by atoms with E-state index in [1.807, 2.05) is 0 Å². The Morgan fingerprint density at radius 1 is 0.604 bits per heavy atom. The number of phosphoric ester groups is 1. The van der Waals surface area contributed by atoms with Crippen LogP contribution in [-0.2, 0) is 32.7 Å². The highest BCUT2D eigenvalue weighted by Crippen LogP contribution is 2.43. The molecule has 10 nitrogen and oxygen atoms in total. The summed E-state index contributed by atoms with van der Waals surface area (Å²) in [6, 6.07) is 0. The number of ether oxygens (including phenoxy) is 2. The molecule has 0 saturated heterocycles. The SMILES string of the molecule is CCCCCCCCC/C=C\CCCCCCCC(=O)OC[C@H](COP(=O)(O)OC[C@@H](O)CO)OC(=O)CCCCCCCCCCC. The molecule has 3 atom stereocenters. The molecule has 0 aromatic carbocycles. The van der Waals surface area contributed by atoms with E-state index in [0.29, 0.717) is 12.8 Å². The van der Waals surface area contributed by atoms with Crippen molar-refractivity contribution in [1.29, 1.82) is 0 Å². The van der Waals surface area contributed by atoms with Crippen LogP contribution in [0.25, 0.3) is 0 Å². The van der Waals surface area contributed by atoms with E-state index >= 15 is 0 Å². The molecule has 284 valence electrons. The monoisotopic (exact) mass is 706 g/mol. The van der Waals surface area contributed by atoms with Gasteiger partial charge in [0, 0.05) is 12.8 Å². The van der Waals surface area contributed by atoms with Crippen LogP contribution < -0.4 is 0 Å². The lowest BCUT2D eigenvalue weighted by Gasteiger charge is -2.20. The lowest BCUT2D eigenvalue weighted by atomic mass is 10.1. The Morgan fingerprint density at radius 3 is 1.50 bits per heavy atom. The van der Waals surface area contributed by atoms with Crippen molar-refractivity contribution in [2.24, 2.45) is 0 Å². The molecule has 0 radical (unpaired) electrons. The molecule has 0 bridgehead atoms. The quantitative estimate of drug-likeness (QED) is 0.0249. The fourth-order valence-electron chi connectivity index (χ4n) is 5.16. The molecule has 0 aliphatic rings. The standard InChI is InChI=1S/C37H71O10P/c1-3-5-7-9-11-13-14-15-16-17-18-19-21-22-24-26-28-36(40)44-32-35(33-46-48(42,43)45-31-34(39)30-38)47-37(41)29-27-25-23-20-12-10-8-6-4-2/h16-17,34-35,38-39H,3-15,18-33H2,1-2H3,(H,42,43)/b17-16-/t34-,35+/m0/s1. The molecule has 1 unspecified atom stereocenters. The Hall–Kier alpha value is -1.29. The largest absolute Gasteiger partial charge is 0.472 e. The Morgan fingerprint density at radius 2 is 1.02 bits per heavy atom. The Kier molecular flexibility index (Phi) is 33.3. The summed E-state index contributed by atoms with van der Waals surface area (Å²) in [7, 11) is -4.60. The number of hydrogen-bond donors (Lipinski definition) is 3. The third kappa shape index (κ3) is 33.2. The van der Waals surface area contributed by atoms with E-state index in [4.69, 9.17) is 19.1 Å². The normalized spacial score (nSPS) is 14.2. The minimum absolute atomic E-state index is 0.186. The molecule has 0 heterocycles. The van der Waals surface area contributed by atoms with Gasteiger partial charge in [0.05, 0.1) is 19.8 Å². The van der Waals surface area contributed by atoms with Gasteiger partial charge in [-0.05, 0) is 38.5 Å². The molecule has 0 fully saturated rings. The maximum absolute atomic E-state index is 12.5. The number of aliphatic hydroxyl groups excluding tert-OH is 2. The van der Waals surface area contributed by atoms with Crippen molar-refractivity contribution in [1.82, 2.24) is 0 Å². The van der Waals surface area contributed by atoms with Crippen molar-refractivity contribution < 1.29 is 47.8 Å². The minimum atomic E-state index is -4.60. The molecule has 11 heteroatoms. The number of rotatable bonds is 36. The average molecular weight is 707 g/mol. The highest BCUT2D eigenvalue weighted by molar-refractivity contribution is 7.47. The summed E-state index contributed by atoms with van der Waals surface area (Å²) in [5.41, 5.74) is 0. The van der Waals surface area contributed by atoms with Crippen LogP contribution in [0.2, 0.25) is 0 Å². The number of hydrogen-bond acceptors (Lipinski definition) is 9. The number of carbonyl (C=O) groups excluding carboxylic acids is 2. The first-order valence-electron chi connectivity index (χ1n) is 19.1. The first-order chi connectivity index (χ1) is 23.2. The highest BCUT2D eigenvalue weighted by Gasteiger charge is 2.27.